The molecule has 9 rings (SSSR count). The Kier molecular flexibility index (Phi) is 4.58. The summed E-state index contributed by atoms with van der Waals surface area (Å²) in [6.07, 6.45) is 0. The Hall–Kier alpha value is -5.61. The molecular weight excluding hydrogens is 500 g/mol. The van der Waals surface area contributed by atoms with Crippen LogP contribution in [-0.4, -0.2) is 19.1 Å². The monoisotopic (exact) mass is 524 g/mol. The molecule has 41 heavy (non-hydrogen) atoms. The van der Waals surface area contributed by atoms with Crippen LogP contribution in [0.5, 0.6) is 0 Å². The molecule has 0 aliphatic heterocycles. The summed E-state index contributed by atoms with van der Waals surface area (Å²) in [5, 5.41) is 4.78. The predicted molar refractivity (Wildman–Crippen MR) is 170 cm³/mol. The molecule has 0 aliphatic carbocycles. The van der Waals surface area contributed by atoms with Gasteiger partial charge < -0.3 is 9.55 Å². The van der Waals surface area contributed by atoms with E-state index in [1.165, 1.54) is 32.6 Å². The minimum Gasteiger partial charge on any atom is -0.353 e. The molecule has 4 nitrogen and oxygen atoms in total. The van der Waals surface area contributed by atoms with Gasteiger partial charge in [-0.3, -0.25) is 4.57 Å². The number of para-hydroxylation sites is 4. The second-order valence-corrected chi connectivity index (χ2v) is 10.5. The highest BCUT2D eigenvalue weighted by molar-refractivity contribution is 6.35. The van der Waals surface area contributed by atoms with Crippen LogP contribution in [0.2, 0.25) is 0 Å². The molecule has 0 saturated heterocycles. The lowest BCUT2D eigenvalue weighted by Gasteiger charge is -2.12. The Morgan fingerprint density at radius 1 is 0.488 bits per heavy atom. The van der Waals surface area contributed by atoms with Crippen molar-refractivity contribution in [1.82, 2.24) is 19.1 Å². The van der Waals surface area contributed by atoms with Crippen LogP contribution in [-0.2, 0) is 0 Å². The summed E-state index contributed by atoms with van der Waals surface area (Å²) in [6, 6.07) is 49.1. The number of aromatic amines is 1. The Labute approximate surface area is 235 Å². The summed E-state index contributed by atoms with van der Waals surface area (Å²) < 4.78 is 4.74. The van der Waals surface area contributed by atoms with E-state index in [0.29, 0.717) is 0 Å². The fourth-order valence-electron chi connectivity index (χ4n) is 6.56. The summed E-state index contributed by atoms with van der Waals surface area (Å²) in [7, 11) is 0. The second kappa shape index (κ2) is 8.44. The van der Waals surface area contributed by atoms with Gasteiger partial charge in [-0.15, -0.1) is 0 Å². The molecule has 0 spiro atoms. The standard InChI is InChI=1S/C37H24N4/c1-4-14-24(15-5-1)37-39-34-32-28-21-11-13-23-30(28)40(25-16-6-2-7-17-25)35(32)31-27-20-10-12-22-29(27)38-33(31)36(34)41(37)26-18-8-3-9-19-26/h1-23,38H. The van der Waals surface area contributed by atoms with Gasteiger partial charge in [0.25, 0.3) is 0 Å². The van der Waals surface area contributed by atoms with Gasteiger partial charge in [0.15, 0.2) is 0 Å². The molecule has 6 aromatic carbocycles. The summed E-state index contributed by atoms with van der Waals surface area (Å²) >= 11 is 0. The van der Waals surface area contributed by atoms with Crippen molar-refractivity contribution in [2.24, 2.45) is 0 Å². The first-order valence-corrected chi connectivity index (χ1v) is 13.9. The number of imidazole rings is 1. The molecular formula is C37H24N4. The second-order valence-electron chi connectivity index (χ2n) is 10.5. The van der Waals surface area contributed by atoms with Crippen molar-refractivity contribution >= 4 is 54.6 Å². The Bertz CT molecular complexity index is 2390. The van der Waals surface area contributed by atoms with E-state index in [1.54, 1.807) is 0 Å². The Morgan fingerprint density at radius 2 is 1.07 bits per heavy atom. The molecule has 9 aromatic rings. The first-order chi connectivity index (χ1) is 20.4. The fourth-order valence-corrected chi connectivity index (χ4v) is 6.56. The van der Waals surface area contributed by atoms with Crippen LogP contribution in [0, 0.1) is 0 Å². The molecule has 0 bridgehead atoms. The van der Waals surface area contributed by atoms with E-state index in [2.05, 4.69) is 154 Å². The van der Waals surface area contributed by atoms with Crippen LogP contribution in [0.15, 0.2) is 140 Å². The third kappa shape index (κ3) is 3.07. The summed E-state index contributed by atoms with van der Waals surface area (Å²) in [5.41, 5.74) is 9.93. The lowest BCUT2D eigenvalue weighted by Crippen LogP contribution is -1.98. The van der Waals surface area contributed by atoms with Gasteiger partial charge in [0.1, 0.15) is 11.3 Å². The lowest BCUT2D eigenvalue weighted by molar-refractivity contribution is 1.10. The van der Waals surface area contributed by atoms with Gasteiger partial charge in [-0.2, -0.15) is 0 Å². The highest BCUT2D eigenvalue weighted by Crippen LogP contribution is 2.46. The molecule has 0 saturated carbocycles. The molecule has 1 N–H and O–H groups in total. The van der Waals surface area contributed by atoms with E-state index < -0.39 is 0 Å². The number of rotatable bonds is 3. The summed E-state index contributed by atoms with van der Waals surface area (Å²) in [5.74, 6) is 0.927. The van der Waals surface area contributed by atoms with Crippen LogP contribution in [0.3, 0.4) is 0 Å². The maximum Gasteiger partial charge on any atom is 0.145 e. The van der Waals surface area contributed by atoms with Crippen molar-refractivity contribution in [2.75, 3.05) is 0 Å². The molecule has 3 heterocycles. The third-order valence-corrected chi connectivity index (χ3v) is 8.23. The number of hydrogen-bond acceptors (Lipinski definition) is 1. The maximum atomic E-state index is 5.49. The number of aromatic nitrogens is 4. The van der Waals surface area contributed by atoms with Crippen LogP contribution in [0.4, 0.5) is 0 Å². The number of hydrogen-bond donors (Lipinski definition) is 1. The molecule has 0 amide bonds. The van der Waals surface area contributed by atoms with Gasteiger partial charge in [0.2, 0.25) is 0 Å². The average Bonchev–Trinajstić information content (AvgIpc) is 3.72. The van der Waals surface area contributed by atoms with Crippen LogP contribution in [0.1, 0.15) is 0 Å². The smallest absolute Gasteiger partial charge is 0.145 e. The topological polar surface area (TPSA) is 38.5 Å². The van der Waals surface area contributed by atoms with Gasteiger partial charge in [0.05, 0.1) is 22.1 Å². The molecule has 0 fully saturated rings. The van der Waals surface area contributed by atoms with Crippen LogP contribution in [0.25, 0.3) is 77.4 Å². The van der Waals surface area contributed by atoms with Crippen molar-refractivity contribution in [2.45, 2.75) is 0 Å². The van der Waals surface area contributed by atoms with E-state index in [9.17, 15) is 0 Å². The number of fused-ring (bicyclic) bond motifs is 10. The summed E-state index contributed by atoms with van der Waals surface area (Å²) in [6.45, 7) is 0. The van der Waals surface area contributed by atoms with E-state index in [-0.39, 0.29) is 0 Å². The molecule has 0 unspecified atom stereocenters. The zero-order chi connectivity index (χ0) is 26.9. The van der Waals surface area contributed by atoms with E-state index in [1.807, 2.05) is 0 Å². The first-order valence-electron chi connectivity index (χ1n) is 13.9. The van der Waals surface area contributed by atoms with E-state index in [4.69, 9.17) is 4.98 Å². The average molecular weight is 525 g/mol. The van der Waals surface area contributed by atoms with Crippen LogP contribution < -0.4 is 0 Å². The highest BCUT2D eigenvalue weighted by Gasteiger charge is 2.26. The third-order valence-electron chi connectivity index (χ3n) is 8.23. The Balaban J connectivity index is 1.62. The number of nitrogens with one attached hydrogen (secondary N) is 1. The van der Waals surface area contributed by atoms with E-state index in [0.717, 1.165) is 44.8 Å². The largest absolute Gasteiger partial charge is 0.353 e. The molecule has 0 aliphatic rings. The number of benzene rings is 6. The minimum atomic E-state index is 0.927. The number of nitrogens with zero attached hydrogens (tertiary/aromatic N) is 3. The molecule has 3 aromatic heterocycles. The SMILES string of the molecule is c1ccc(-c2nc3c4c5ccccc5n(-c5ccccc5)c4c4c5ccccc5[nH]c4c3n2-c2ccccc2)cc1. The zero-order valence-corrected chi connectivity index (χ0v) is 22.1. The molecule has 0 atom stereocenters. The summed E-state index contributed by atoms with van der Waals surface area (Å²) in [4.78, 5) is 9.33. The predicted octanol–water partition coefficient (Wildman–Crippen LogP) is 9.42. The van der Waals surface area contributed by atoms with Crippen molar-refractivity contribution in [3.05, 3.63) is 140 Å². The number of H-pyrrole nitrogens is 1. The van der Waals surface area contributed by atoms with Crippen molar-refractivity contribution in [1.29, 1.82) is 0 Å². The van der Waals surface area contributed by atoms with Crippen molar-refractivity contribution in [3.63, 3.8) is 0 Å². The zero-order valence-electron chi connectivity index (χ0n) is 22.1. The molecule has 0 radical (unpaired) electrons. The van der Waals surface area contributed by atoms with Crippen molar-refractivity contribution in [3.8, 4) is 22.8 Å². The maximum absolute atomic E-state index is 5.49. The van der Waals surface area contributed by atoms with Gasteiger partial charge in [-0.1, -0.05) is 103 Å². The minimum absolute atomic E-state index is 0.927. The highest BCUT2D eigenvalue weighted by atomic mass is 15.1. The van der Waals surface area contributed by atoms with Gasteiger partial charge in [-0.25, -0.2) is 4.98 Å². The normalized spacial score (nSPS) is 11.9. The van der Waals surface area contributed by atoms with Crippen LogP contribution >= 0.6 is 0 Å². The fraction of sp³-hybridized carbons (Fsp3) is 0. The molecule has 4 heteroatoms. The van der Waals surface area contributed by atoms with Gasteiger partial charge in [-0.05, 0) is 36.4 Å². The first kappa shape index (κ1) is 22.2. The quantitative estimate of drug-likeness (QED) is 0.246. The van der Waals surface area contributed by atoms with Gasteiger partial charge >= 0.3 is 0 Å². The van der Waals surface area contributed by atoms with E-state index >= 15 is 0 Å². The van der Waals surface area contributed by atoms with Crippen molar-refractivity contribution < 1.29 is 0 Å². The van der Waals surface area contributed by atoms with Gasteiger partial charge in [0, 0.05) is 44.0 Å². The lowest BCUT2D eigenvalue weighted by atomic mass is 10.1. The molecule has 192 valence electrons. The Morgan fingerprint density at radius 3 is 1.80 bits per heavy atom.